The lowest BCUT2D eigenvalue weighted by Gasteiger charge is -2.29. The fraction of sp³-hybridized carbons (Fsp3) is 0.350. The Morgan fingerprint density at radius 3 is 2.64 bits per heavy atom. The van der Waals surface area contributed by atoms with Crippen molar-refractivity contribution in [1.82, 2.24) is 4.90 Å². The smallest absolute Gasteiger partial charge is 0.321 e. The van der Waals surface area contributed by atoms with Crippen molar-refractivity contribution in [2.24, 2.45) is 0 Å². The molecule has 0 atom stereocenters. The number of aliphatic hydroxyl groups excluding tert-OH is 1. The summed E-state index contributed by atoms with van der Waals surface area (Å²) in [5.74, 6) is 0.653. The summed E-state index contributed by atoms with van der Waals surface area (Å²) in [5, 5.41) is 12.5. The maximum atomic E-state index is 12.5. The van der Waals surface area contributed by atoms with Crippen LogP contribution in [0.25, 0.3) is 0 Å². The van der Waals surface area contributed by atoms with Crippen LogP contribution in [0.15, 0.2) is 48.5 Å². The number of carbonyl (C=O) groups excluding carboxylic acids is 1. The van der Waals surface area contributed by atoms with E-state index in [1.165, 1.54) is 0 Å². The molecule has 25 heavy (non-hydrogen) atoms. The number of hydrogen-bond donors (Lipinski definition) is 2. The fourth-order valence-corrected chi connectivity index (χ4v) is 2.87. The van der Waals surface area contributed by atoms with E-state index >= 15 is 0 Å². The van der Waals surface area contributed by atoms with Crippen molar-refractivity contribution in [2.45, 2.75) is 32.5 Å². The van der Waals surface area contributed by atoms with Gasteiger partial charge in [0, 0.05) is 13.1 Å². The van der Waals surface area contributed by atoms with Gasteiger partial charge in [-0.2, -0.15) is 0 Å². The van der Waals surface area contributed by atoms with Crippen molar-refractivity contribution >= 4 is 11.7 Å². The third-order valence-corrected chi connectivity index (χ3v) is 4.37. The van der Waals surface area contributed by atoms with Crippen molar-refractivity contribution in [3.8, 4) is 5.75 Å². The van der Waals surface area contributed by atoms with E-state index in [1.54, 1.807) is 4.90 Å². The first-order chi connectivity index (χ1) is 12.1. The molecule has 2 aromatic carbocycles. The molecule has 0 aromatic heterocycles. The predicted molar refractivity (Wildman–Crippen MR) is 97.8 cm³/mol. The van der Waals surface area contributed by atoms with Gasteiger partial charge >= 0.3 is 6.03 Å². The van der Waals surface area contributed by atoms with Crippen LogP contribution in [0, 0.1) is 6.92 Å². The molecule has 3 rings (SSSR count). The Morgan fingerprint density at radius 2 is 1.92 bits per heavy atom. The van der Waals surface area contributed by atoms with Gasteiger partial charge in [-0.15, -0.1) is 0 Å². The Bertz CT molecular complexity index is 710. The molecular formula is C20H24N2O3. The molecule has 1 aliphatic rings. The van der Waals surface area contributed by atoms with Gasteiger partial charge in [-0.1, -0.05) is 36.4 Å². The lowest BCUT2D eigenvalue weighted by molar-refractivity contribution is 0.0972. The summed E-state index contributed by atoms with van der Waals surface area (Å²) >= 11 is 0. The monoisotopic (exact) mass is 340 g/mol. The third-order valence-electron chi connectivity index (χ3n) is 4.37. The summed E-state index contributed by atoms with van der Waals surface area (Å²) in [7, 11) is 0. The number of amides is 2. The van der Waals surface area contributed by atoms with Gasteiger partial charge in [0.25, 0.3) is 0 Å². The number of nitrogens with one attached hydrogen (secondary N) is 1. The molecule has 0 radical (unpaired) electrons. The van der Waals surface area contributed by atoms with Crippen LogP contribution in [-0.2, 0) is 6.61 Å². The van der Waals surface area contributed by atoms with Gasteiger partial charge in [0.15, 0.2) is 0 Å². The minimum absolute atomic E-state index is 0.151. The maximum absolute atomic E-state index is 12.5. The minimum Gasteiger partial charge on any atom is -0.487 e. The molecular weight excluding hydrogens is 316 g/mol. The highest BCUT2D eigenvalue weighted by Gasteiger charge is 2.22. The van der Waals surface area contributed by atoms with Gasteiger partial charge in [0.2, 0.25) is 0 Å². The highest BCUT2D eigenvalue weighted by molar-refractivity contribution is 5.91. The number of benzene rings is 2. The summed E-state index contributed by atoms with van der Waals surface area (Å²) in [4.78, 5) is 14.2. The molecule has 1 saturated heterocycles. The zero-order valence-electron chi connectivity index (χ0n) is 14.4. The Kier molecular flexibility index (Phi) is 5.56. The average Bonchev–Trinajstić information content (AvgIpc) is 2.62. The highest BCUT2D eigenvalue weighted by Crippen LogP contribution is 2.27. The molecule has 2 aromatic rings. The van der Waals surface area contributed by atoms with Crippen LogP contribution in [-0.4, -0.2) is 35.2 Å². The molecule has 0 unspecified atom stereocenters. The van der Waals surface area contributed by atoms with Crippen molar-refractivity contribution in [1.29, 1.82) is 0 Å². The van der Waals surface area contributed by atoms with E-state index in [0.29, 0.717) is 44.0 Å². The molecule has 132 valence electrons. The van der Waals surface area contributed by atoms with Gasteiger partial charge < -0.3 is 20.1 Å². The number of nitrogens with zero attached hydrogens (tertiary/aromatic N) is 1. The lowest BCUT2D eigenvalue weighted by atomic mass is 10.1. The molecule has 0 spiro atoms. The first-order valence-electron chi connectivity index (χ1n) is 8.63. The largest absolute Gasteiger partial charge is 0.487 e. The van der Waals surface area contributed by atoms with E-state index in [0.717, 1.165) is 11.1 Å². The third kappa shape index (κ3) is 4.73. The molecule has 0 aliphatic carbocycles. The Labute approximate surface area is 148 Å². The number of urea groups is 1. The number of piperidine rings is 1. The van der Waals surface area contributed by atoms with E-state index in [-0.39, 0.29) is 12.1 Å². The maximum Gasteiger partial charge on any atom is 0.321 e. The van der Waals surface area contributed by atoms with Crippen LogP contribution in [0.5, 0.6) is 5.75 Å². The van der Waals surface area contributed by atoms with E-state index in [4.69, 9.17) is 4.74 Å². The van der Waals surface area contributed by atoms with Crippen molar-refractivity contribution in [2.75, 3.05) is 18.4 Å². The Balaban J connectivity index is 1.67. The molecule has 5 nitrogen and oxygen atoms in total. The van der Waals surface area contributed by atoms with Crippen LogP contribution in [0.3, 0.4) is 0 Å². The molecule has 2 amide bonds. The molecule has 1 fully saturated rings. The van der Waals surface area contributed by atoms with Crippen LogP contribution in [0.2, 0.25) is 0 Å². The predicted octanol–water partition coefficient (Wildman–Crippen LogP) is 3.56. The van der Waals surface area contributed by atoms with Crippen molar-refractivity contribution < 1.29 is 14.6 Å². The number of aryl methyl sites for hydroxylation is 1. The number of aliphatic hydroxyl groups is 1. The molecule has 5 heteroatoms. The Hall–Kier alpha value is -2.53. The van der Waals surface area contributed by atoms with E-state index in [1.807, 2.05) is 55.5 Å². The summed E-state index contributed by atoms with van der Waals surface area (Å²) in [6, 6.07) is 15.5. The van der Waals surface area contributed by atoms with Gasteiger partial charge in [0.1, 0.15) is 12.4 Å². The number of rotatable bonds is 4. The zero-order valence-corrected chi connectivity index (χ0v) is 14.4. The molecule has 0 saturated carbocycles. The van der Waals surface area contributed by atoms with Crippen LogP contribution >= 0.6 is 0 Å². The highest BCUT2D eigenvalue weighted by atomic mass is 16.5. The van der Waals surface area contributed by atoms with Gasteiger partial charge in [0.05, 0.1) is 11.8 Å². The van der Waals surface area contributed by atoms with E-state index in [2.05, 4.69) is 5.32 Å². The topological polar surface area (TPSA) is 61.8 Å². The van der Waals surface area contributed by atoms with Gasteiger partial charge in [-0.25, -0.2) is 4.79 Å². The molecule has 1 heterocycles. The van der Waals surface area contributed by atoms with Crippen LogP contribution in [0.4, 0.5) is 10.5 Å². The second kappa shape index (κ2) is 8.03. The number of carbonyl (C=O) groups is 1. The van der Waals surface area contributed by atoms with Gasteiger partial charge in [-0.3, -0.25) is 0 Å². The fourth-order valence-electron chi connectivity index (χ4n) is 2.87. The SMILES string of the molecule is Cc1ccc(OCc2ccccc2)c(NC(=O)N2CCC(O)CC2)c1. The molecule has 0 bridgehead atoms. The summed E-state index contributed by atoms with van der Waals surface area (Å²) in [5.41, 5.74) is 2.80. The van der Waals surface area contributed by atoms with Crippen molar-refractivity contribution in [3.63, 3.8) is 0 Å². The lowest BCUT2D eigenvalue weighted by Crippen LogP contribution is -2.42. The molecule has 1 aliphatic heterocycles. The first kappa shape index (κ1) is 17.3. The zero-order chi connectivity index (χ0) is 17.6. The first-order valence-corrected chi connectivity index (χ1v) is 8.63. The van der Waals surface area contributed by atoms with Crippen molar-refractivity contribution in [3.05, 3.63) is 59.7 Å². The Morgan fingerprint density at radius 1 is 1.20 bits per heavy atom. The number of anilines is 1. The van der Waals surface area contributed by atoms with E-state index in [9.17, 15) is 9.90 Å². The number of hydrogen-bond acceptors (Lipinski definition) is 3. The number of likely N-dealkylation sites (tertiary alicyclic amines) is 1. The van der Waals surface area contributed by atoms with Crippen LogP contribution < -0.4 is 10.1 Å². The van der Waals surface area contributed by atoms with Gasteiger partial charge in [-0.05, 0) is 43.0 Å². The average molecular weight is 340 g/mol. The second-order valence-electron chi connectivity index (χ2n) is 6.42. The minimum atomic E-state index is -0.298. The number of ether oxygens (including phenoxy) is 1. The summed E-state index contributed by atoms with van der Waals surface area (Å²) in [6.45, 7) is 3.56. The quantitative estimate of drug-likeness (QED) is 0.894. The molecule has 2 N–H and O–H groups in total. The van der Waals surface area contributed by atoms with E-state index < -0.39 is 0 Å². The standard InChI is InChI=1S/C20H24N2O3/c1-15-7-8-19(25-14-16-5-3-2-4-6-16)18(13-15)21-20(24)22-11-9-17(23)10-12-22/h2-8,13,17,23H,9-12,14H2,1H3,(H,21,24). The summed E-state index contributed by atoms with van der Waals surface area (Å²) in [6.07, 6.45) is 0.949. The summed E-state index contributed by atoms with van der Waals surface area (Å²) < 4.78 is 5.91. The van der Waals surface area contributed by atoms with Crippen LogP contribution in [0.1, 0.15) is 24.0 Å². The normalized spacial score (nSPS) is 15.0. The second-order valence-corrected chi connectivity index (χ2v) is 6.42.